The summed E-state index contributed by atoms with van der Waals surface area (Å²) in [5.74, 6) is -0.0629. The Balaban J connectivity index is 2.15. The predicted molar refractivity (Wildman–Crippen MR) is 97.4 cm³/mol. The zero-order chi connectivity index (χ0) is 16.5. The Hall–Kier alpha value is -2.91. The minimum atomic E-state index is -0.0629. The van der Waals surface area contributed by atoms with Gasteiger partial charge in [-0.1, -0.05) is 66.7 Å². The molecule has 0 aliphatic rings. The maximum absolute atomic E-state index is 12.8. The van der Waals surface area contributed by atoms with E-state index in [0.29, 0.717) is 0 Å². The van der Waals surface area contributed by atoms with E-state index in [9.17, 15) is 4.79 Å². The van der Waals surface area contributed by atoms with Gasteiger partial charge >= 0.3 is 0 Å². The summed E-state index contributed by atoms with van der Waals surface area (Å²) in [6, 6.07) is 24.3. The average Bonchev–Trinajstić information content (AvgIpc) is 2.97. The molecule has 0 saturated heterocycles. The van der Waals surface area contributed by atoms with Crippen LogP contribution in [0.3, 0.4) is 0 Å². The van der Waals surface area contributed by atoms with Crippen LogP contribution in [0.5, 0.6) is 0 Å². The number of ether oxygens (including phenoxy) is 1. The summed E-state index contributed by atoms with van der Waals surface area (Å²) in [5, 5.41) is 2.16. The summed E-state index contributed by atoms with van der Waals surface area (Å²) < 4.78 is 6.89. The molecule has 0 bridgehead atoms. The maximum atomic E-state index is 12.8. The van der Waals surface area contributed by atoms with E-state index >= 15 is 0 Å². The van der Waals surface area contributed by atoms with Crippen molar-refractivity contribution in [2.75, 3.05) is 13.7 Å². The Morgan fingerprint density at radius 3 is 2.38 bits per heavy atom. The highest BCUT2D eigenvalue weighted by Gasteiger charge is 2.18. The van der Waals surface area contributed by atoms with Crippen LogP contribution in [-0.2, 0) is 4.74 Å². The van der Waals surface area contributed by atoms with Crippen LogP contribution in [0.25, 0.3) is 32.9 Å². The molecule has 0 amide bonds. The fraction of sp³-hybridized carbons (Fsp3) is 0.0952. The first-order valence-corrected chi connectivity index (χ1v) is 7.91. The van der Waals surface area contributed by atoms with Gasteiger partial charge in [-0.15, -0.1) is 0 Å². The third-order valence-corrected chi connectivity index (χ3v) is 4.30. The van der Waals surface area contributed by atoms with Crippen molar-refractivity contribution in [3.63, 3.8) is 0 Å². The quantitative estimate of drug-likeness (QED) is 0.546. The third kappa shape index (κ3) is 2.22. The highest BCUT2D eigenvalue weighted by atomic mass is 16.5. The first-order chi connectivity index (χ1) is 11.8. The number of hydrogen-bond donors (Lipinski definition) is 0. The fourth-order valence-electron chi connectivity index (χ4n) is 3.32. The molecular formula is C21H17NO2. The van der Waals surface area contributed by atoms with Crippen molar-refractivity contribution in [3.8, 4) is 11.1 Å². The van der Waals surface area contributed by atoms with Gasteiger partial charge in [0.25, 0.3) is 5.91 Å². The second-order valence-corrected chi connectivity index (χ2v) is 5.75. The highest BCUT2D eigenvalue weighted by molar-refractivity contribution is 6.17. The molecule has 0 aliphatic carbocycles. The summed E-state index contributed by atoms with van der Waals surface area (Å²) in [4.78, 5) is 12.8. The van der Waals surface area contributed by atoms with Crippen molar-refractivity contribution in [3.05, 3.63) is 72.8 Å². The number of aromatic nitrogens is 1. The number of hydrogen-bond acceptors (Lipinski definition) is 2. The lowest BCUT2D eigenvalue weighted by molar-refractivity contribution is 0.0773. The highest BCUT2D eigenvalue weighted by Crippen LogP contribution is 2.35. The molecule has 1 heterocycles. The predicted octanol–water partition coefficient (Wildman–Crippen LogP) is 4.75. The van der Waals surface area contributed by atoms with Gasteiger partial charge in [-0.2, -0.15) is 0 Å². The van der Waals surface area contributed by atoms with E-state index in [1.54, 1.807) is 11.7 Å². The maximum Gasteiger partial charge on any atom is 0.257 e. The zero-order valence-corrected chi connectivity index (χ0v) is 13.4. The van der Waals surface area contributed by atoms with Crippen molar-refractivity contribution in [2.45, 2.75) is 0 Å². The number of carbonyl (C=O) groups is 1. The largest absolute Gasteiger partial charge is 0.375 e. The lowest BCUT2D eigenvalue weighted by atomic mass is 10.0. The Morgan fingerprint density at radius 2 is 1.58 bits per heavy atom. The van der Waals surface area contributed by atoms with Crippen molar-refractivity contribution >= 4 is 27.7 Å². The summed E-state index contributed by atoms with van der Waals surface area (Å²) in [5.41, 5.74) is 4.00. The summed E-state index contributed by atoms with van der Waals surface area (Å²) in [6.07, 6.45) is 0. The Bertz CT molecular complexity index is 1030. The van der Waals surface area contributed by atoms with Crippen LogP contribution in [0.4, 0.5) is 0 Å². The fourth-order valence-corrected chi connectivity index (χ4v) is 3.32. The molecule has 1 aromatic heterocycles. The second-order valence-electron chi connectivity index (χ2n) is 5.75. The Morgan fingerprint density at radius 1 is 0.875 bits per heavy atom. The number of nitrogens with zero attached hydrogens (tertiary/aromatic N) is 1. The molecule has 24 heavy (non-hydrogen) atoms. The number of rotatable bonds is 3. The van der Waals surface area contributed by atoms with Crippen LogP contribution < -0.4 is 0 Å². The molecule has 3 heteroatoms. The van der Waals surface area contributed by atoms with E-state index in [1.165, 1.54) is 0 Å². The molecular weight excluding hydrogens is 298 g/mol. The van der Waals surface area contributed by atoms with Crippen molar-refractivity contribution in [1.29, 1.82) is 0 Å². The summed E-state index contributed by atoms with van der Waals surface area (Å²) in [7, 11) is 1.55. The summed E-state index contributed by atoms with van der Waals surface area (Å²) >= 11 is 0. The van der Waals surface area contributed by atoms with Gasteiger partial charge in [0, 0.05) is 23.4 Å². The summed E-state index contributed by atoms with van der Waals surface area (Å²) in [6.45, 7) is 0.0525. The Kier molecular flexibility index (Phi) is 3.63. The molecule has 0 saturated carbocycles. The van der Waals surface area contributed by atoms with Crippen LogP contribution in [0.1, 0.15) is 4.79 Å². The van der Waals surface area contributed by atoms with Crippen LogP contribution in [-0.4, -0.2) is 24.2 Å². The van der Waals surface area contributed by atoms with Gasteiger partial charge in [0.05, 0.1) is 11.0 Å². The van der Waals surface area contributed by atoms with Crippen LogP contribution in [0.2, 0.25) is 0 Å². The van der Waals surface area contributed by atoms with E-state index in [2.05, 4.69) is 30.3 Å². The number of benzene rings is 3. The van der Waals surface area contributed by atoms with Crippen LogP contribution in [0, 0.1) is 0 Å². The Labute approximate surface area is 140 Å². The van der Waals surface area contributed by atoms with E-state index in [-0.39, 0.29) is 12.5 Å². The van der Waals surface area contributed by atoms with Gasteiger partial charge in [-0.3, -0.25) is 9.36 Å². The van der Waals surface area contributed by atoms with Gasteiger partial charge in [0.15, 0.2) is 0 Å². The lowest BCUT2D eigenvalue weighted by Gasteiger charge is -2.09. The minimum absolute atomic E-state index is 0.0525. The molecule has 3 nitrogen and oxygen atoms in total. The number of fused-ring (bicyclic) bond motifs is 3. The zero-order valence-electron chi connectivity index (χ0n) is 13.4. The van der Waals surface area contributed by atoms with Crippen molar-refractivity contribution < 1.29 is 9.53 Å². The molecule has 0 radical (unpaired) electrons. The lowest BCUT2D eigenvalue weighted by Crippen LogP contribution is -2.16. The molecule has 0 spiro atoms. The minimum Gasteiger partial charge on any atom is -0.375 e. The van der Waals surface area contributed by atoms with E-state index < -0.39 is 0 Å². The first kappa shape index (κ1) is 14.7. The molecule has 4 rings (SSSR count). The SMILES string of the molecule is COCC(=O)n1c2ccccc2c2cccc(-c3ccccc3)c21. The smallest absolute Gasteiger partial charge is 0.257 e. The molecule has 0 unspecified atom stereocenters. The molecule has 4 aromatic rings. The van der Waals surface area contributed by atoms with Gasteiger partial charge in [0.2, 0.25) is 0 Å². The van der Waals surface area contributed by atoms with Crippen LogP contribution in [0.15, 0.2) is 72.8 Å². The topological polar surface area (TPSA) is 31.2 Å². The third-order valence-electron chi connectivity index (χ3n) is 4.30. The molecule has 118 valence electrons. The number of methoxy groups -OCH3 is 1. The standard InChI is InChI=1S/C21H17NO2/c1-24-14-20(23)22-19-13-6-5-10-17(19)18-12-7-11-16(21(18)22)15-8-3-2-4-9-15/h2-13H,14H2,1H3. The number of carbonyl (C=O) groups excluding carboxylic acids is 1. The van der Waals surface area contributed by atoms with Gasteiger partial charge in [0.1, 0.15) is 6.61 Å². The molecule has 0 atom stereocenters. The van der Waals surface area contributed by atoms with E-state index in [1.807, 2.05) is 42.5 Å². The molecule has 0 fully saturated rings. The molecule has 3 aromatic carbocycles. The van der Waals surface area contributed by atoms with Crippen molar-refractivity contribution in [1.82, 2.24) is 4.57 Å². The van der Waals surface area contributed by atoms with Gasteiger partial charge in [-0.05, 0) is 11.6 Å². The molecule has 0 aliphatic heterocycles. The number of para-hydroxylation sites is 2. The monoisotopic (exact) mass is 315 g/mol. The average molecular weight is 315 g/mol. The van der Waals surface area contributed by atoms with Gasteiger partial charge < -0.3 is 4.74 Å². The van der Waals surface area contributed by atoms with Crippen LogP contribution >= 0.6 is 0 Å². The first-order valence-electron chi connectivity index (χ1n) is 7.91. The molecule has 0 N–H and O–H groups in total. The van der Waals surface area contributed by atoms with E-state index in [4.69, 9.17) is 4.74 Å². The van der Waals surface area contributed by atoms with Gasteiger partial charge in [-0.25, -0.2) is 0 Å². The second kappa shape index (κ2) is 5.95. The normalized spacial score (nSPS) is 11.2. The van der Waals surface area contributed by atoms with Crippen molar-refractivity contribution in [2.24, 2.45) is 0 Å². The van der Waals surface area contributed by atoms with E-state index in [0.717, 1.165) is 32.9 Å².